The van der Waals surface area contributed by atoms with Gasteiger partial charge in [-0.15, -0.1) is 0 Å². The number of rotatable bonds is 7. The van der Waals surface area contributed by atoms with Crippen LogP contribution in [0.15, 0.2) is 11.6 Å². The Kier molecular flexibility index (Phi) is 8.29. The lowest BCUT2D eigenvalue weighted by atomic mass is 9.34. The predicted octanol–water partition coefficient (Wildman–Crippen LogP) is 7.64. The van der Waals surface area contributed by atoms with Crippen LogP contribution >= 0.6 is 0 Å². The van der Waals surface area contributed by atoms with Crippen LogP contribution in [-0.2, 0) is 19.0 Å². The average Bonchev–Trinajstić information content (AvgIpc) is 2.96. The molecule has 0 unspecified atom stereocenters. The smallest absolute Gasteiger partial charge is 0.307 e. The highest BCUT2D eigenvalue weighted by atomic mass is 16.5. The Hall–Kier alpha value is -0.950. The number of hydrogen-bond donors (Lipinski definition) is 2. The lowest BCUT2D eigenvalue weighted by molar-refractivity contribution is -0.269. The first-order valence-corrected chi connectivity index (χ1v) is 18.1. The Morgan fingerprint density at radius 1 is 1.02 bits per heavy atom. The Labute approximate surface area is 267 Å². The molecule has 1 saturated heterocycles. The molecule has 1 heterocycles. The van der Waals surface area contributed by atoms with Gasteiger partial charge in [-0.25, -0.2) is 0 Å². The van der Waals surface area contributed by atoms with Gasteiger partial charge >= 0.3 is 5.97 Å². The maximum atomic E-state index is 13.3. The summed E-state index contributed by atoms with van der Waals surface area (Å²) in [5.41, 5.74) is 7.36. The zero-order valence-corrected chi connectivity index (χ0v) is 29.2. The number of nitrogens with two attached hydrogens (primary N) is 1. The molecule has 5 aliphatic carbocycles. The van der Waals surface area contributed by atoms with Gasteiger partial charge in [0.15, 0.2) is 0 Å². The van der Waals surface area contributed by atoms with Crippen molar-refractivity contribution in [2.45, 2.75) is 137 Å². The average molecular weight is 614 g/mol. The van der Waals surface area contributed by atoms with Crippen LogP contribution in [0.5, 0.6) is 0 Å². The summed E-state index contributed by atoms with van der Waals surface area (Å²) in [6.07, 6.45) is 14.2. The van der Waals surface area contributed by atoms with E-state index in [2.05, 4.69) is 54.5 Å². The number of aliphatic carboxylic acids is 1. The van der Waals surface area contributed by atoms with Gasteiger partial charge in [0, 0.05) is 23.5 Å². The minimum atomic E-state index is -0.599. The van der Waals surface area contributed by atoms with E-state index in [-0.39, 0.29) is 50.7 Å². The fourth-order valence-corrected chi connectivity index (χ4v) is 12.7. The van der Waals surface area contributed by atoms with Gasteiger partial charge in [0.2, 0.25) is 0 Å². The maximum Gasteiger partial charge on any atom is 0.307 e. The Morgan fingerprint density at radius 2 is 1.73 bits per heavy atom. The number of hydrogen-bond acceptors (Lipinski definition) is 5. The van der Waals surface area contributed by atoms with Crippen molar-refractivity contribution in [3.63, 3.8) is 0 Å². The molecular formula is C38H63NO5. The van der Waals surface area contributed by atoms with Gasteiger partial charge in [0.25, 0.3) is 0 Å². The molecule has 0 aromatic rings. The van der Waals surface area contributed by atoms with Crippen molar-refractivity contribution in [1.82, 2.24) is 0 Å². The molecule has 2 bridgehead atoms. The van der Waals surface area contributed by atoms with Gasteiger partial charge < -0.3 is 25.1 Å². The number of fused-ring (bicyclic) bond motifs is 3. The van der Waals surface area contributed by atoms with Gasteiger partial charge in [0.1, 0.15) is 0 Å². The Bertz CT molecular complexity index is 1150. The second-order valence-corrected chi connectivity index (χ2v) is 18.0. The first-order valence-electron chi connectivity index (χ1n) is 18.1. The number of carboxylic acid groups (broad SMARTS) is 1. The summed E-state index contributed by atoms with van der Waals surface area (Å²) >= 11 is 0. The summed E-state index contributed by atoms with van der Waals surface area (Å²) in [5, 5.41) is 11.0. The van der Waals surface area contributed by atoms with Crippen molar-refractivity contribution < 1.29 is 24.1 Å². The second kappa shape index (κ2) is 11.1. The largest absolute Gasteiger partial charge is 0.481 e. The molecule has 0 aromatic heterocycles. The zero-order chi connectivity index (χ0) is 31.9. The minimum Gasteiger partial charge on any atom is -0.481 e. The molecule has 250 valence electrons. The fraction of sp³-hybridized carbons (Fsp3) is 0.921. The normalized spacial score (nSPS) is 48.9. The van der Waals surface area contributed by atoms with E-state index >= 15 is 0 Å². The summed E-state index contributed by atoms with van der Waals surface area (Å²) < 4.78 is 19.9. The number of methoxy groups -OCH3 is 1. The first kappa shape index (κ1) is 33.0. The Morgan fingerprint density at radius 3 is 2.36 bits per heavy atom. The summed E-state index contributed by atoms with van der Waals surface area (Å²) in [6.45, 7) is 18.4. The fourth-order valence-electron chi connectivity index (χ4n) is 12.7. The first-order chi connectivity index (χ1) is 20.6. The maximum absolute atomic E-state index is 13.3. The Balaban J connectivity index is 1.36. The number of carboxylic acids is 1. The van der Waals surface area contributed by atoms with E-state index in [1.165, 1.54) is 19.3 Å². The van der Waals surface area contributed by atoms with E-state index in [0.717, 1.165) is 58.0 Å². The van der Waals surface area contributed by atoms with E-state index in [0.29, 0.717) is 36.9 Å². The molecule has 44 heavy (non-hydrogen) atoms. The van der Waals surface area contributed by atoms with Crippen molar-refractivity contribution in [2.75, 3.05) is 26.9 Å². The van der Waals surface area contributed by atoms with Gasteiger partial charge in [-0.3, -0.25) is 4.79 Å². The van der Waals surface area contributed by atoms with Crippen LogP contribution in [0.3, 0.4) is 0 Å². The summed E-state index contributed by atoms with van der Waals surface area (Å²) in [7, 11) is 1.86. The topological polar surface area (TPSA) is 91.0 Å². The van der Waals surface area contributed by atoms with Crippen molar-refractivity contribution in [3.8, 4) is 0 Å². The van der Waals surface area contributed by atoms with E-state index in [1.54, 1.807) is 5.57 Å². The molecule has 6 heteroatoms. The van der Waals surface area contributed by atoms with Crippen LogP contribution in [-0.4, -0.2) is 55.8 Å². The molecule has 3 N–H and O–H groups in total. The van der Waals surface area contributed by atoms with Crippen LogP contribution < -0.4 is 5.73 Å². The molecule has 6 nitrogen and oxygen atoms in total. The summed E-state index contributed by atoms with van der Waals surface area (Å²) in [6, 6.07) is 0. The van der Waals surface area contributed by atoms with E-state index in [1.807, 2.05) is 7.11 Å². The standard InChI is InChI=1S/C38H63NO5/c1-24(2)25(3)33(4)18-19-35(6)26-12-13-29-34(5)21-43-23-38(29,27(26)14-17-36(35,7)30(33)32(40)41)20-28(42-8)31(34)44-22-37(39)15-10-9-11-16-37/h14,24-26,28-31H,9-13,15-23,39H2,1-8H3,(H,40,41)/t25-,26+,28-,29+,30-,31+,33-,34-,35-,36+,38+/m1/s1. The highest BCUT2D eigenvalue weighted by Crippen LogP contribution is 2.75. The SMILES string of the molecule is CO[C@@H]1C[C@@]23COC[C@](C)([C@@H]2CC[C@H]2C3=CC[C@@]3(C)[C@H](C(=O)O)[C@@](C)([C@H](C)C(C)C)CC[C@]23C)[C@H]1OCC1(N)CCCCC1. The second-order valence-electron chi connectivity index (χ2n) is 18.0. The van der Waals surface area contributed by atoms with E-state index < -0.39 is 5.97 Å². The molecule has 1 aliphatic heterocycles. The van der Waals surface area contributed by atoms with Crippen molar-refractivity contribution in [1.29, 1.82) is 0 Å². The molecule has 0 spiro atoms. The van der Waals surface area contributed by atoms with Crippen LogP contribution in [0.25, 0.3) is 0 Å². The molecule has 6 aliphatic rings. The predicted molar refractivity (Wildman–Crippen MR) is 174 cm³/mol. The summed E-state index contributed by atoms with van der Waals surface area (Å²) in [4.78, 5) is 13.3. The monoisotopic (exact) mass is 613 g/mol. The zero-order valence-electron chi connectivity index (χ0n) is 29.2. The van der Waals surface area contributed by atoms with Gasteiger partial charge in [0.05, 0.1) is 37.9 Å². The number of allylic oxidation sites excluding steroid dienone is 1. The van der Waals surface area contributed by atoms with Crippen molar-refractivity contribution in [2.24, 2.45) is 62.4 Å². The molecular weight excluding hydrogens is 550 g/mol. The van der Waals surface area contributed by atoms with E-state index in [4.69, 9.17) is 19.9 Å². The molecule has 0 radical (unpaired) electrons. The highest BCUT2D eigenvalue weighted by molar-refractivity contribution is 5.73. The van der Waals surface area contributed by atoms with Crippen LogP contribution in [0.4, 0.5) is 0 Å². The van der Waals surface area contributed by atoms with Gasteiger partial charge in [-0.1, -0.05) is 79.4 Å². The van der Waals surface area contributed by atoms with Crippen molar-refractivity contribution >= 4 is 5.97 Å². The lowest BCUT2D eigenvalue weighted by Crippen LogP contribution is -2.70. The van der Waals surface area contributed by atoms with Gasteiger partial charge in [-0.05, 0) is 91.3 Å². The third-order valence-corrected chi connectivity index (χ3v) is 15.8. The molecule has 5 fully saturated rings. The van der Waals surface area contributed by atoms with Crippen LogP contribution in [0, 0.1) is 56.7 Å². The third kappa shape index (κ3) is 4.49. The molecule has 11 atom stereocenters. The molecule has 4 saturated carbocycles. The molecule has 0 aromatic carbocycles. The van der Waals surface area contributed by atoms with Crippen LogP contribution in [0.2, 0.25) is 0 Å². The number of ether oxygens (including phenoxy) is 3. The van der Waals surface area contributed by atoms with Crippen LogP contribution in [0.1, 0.15) is 119 Å². The number of carbonyl (C=O) groups is 1. The third-order valence-electron chi connectivity index (χ3n) is 15.8. The minimum absolute atomic E-state index is 0.0126. The van der Waals surface area contributed by atoms with Crippen molar-refractivity contribution in [3.05, 3.63) is 11.6 Å². The highest BCUT2D eigenvalue weighted by Gasteiger charge is 2.71. The van der Waals surface area contributed by atoms with E-state index in [9.17, 15) is 9.90 Å². The molecule has 0 amide bonds. The lowest BCUT2D eigenvalue weighted by Gasteiger charge is -2.71. The quantitative estimate of drug-likeness (QED) is 0.287. The summed E-state index contributed by atoms with van der Waals surface area (Å²) in [5.74, 6) is 0.655. The molecule has 6 rings (SSSR count). The van der Waals surface area contributed by atoms with Gasteiger partial charge in [-0.2, -0.15) is 0 Å².